The van der Waals surface area contributed by atoms with Crippen LogP contribution in [0.4, 0.5) is 5.82 Å². The van der Waals surface area contributed by atoms with Crippen LogP contribution in [0.1, 0.15) is 0 Å². The maximum absolute atomic E-state index is 6.29. The van der Waals surface area contributed by atoms with E-state index >= 15 is 0 Å². The minimum absolute atomic E-state index is 0.391. The quantitative estimate of drug-likeness (QED) is 0.815. The molecule has 0 fully saturated rings. The zero-order valence-electron chi connectivity index (χ0n) is 10.3. The molecule has 0 saturated heterocycles. The van der Waals surface area contributed by atoms with Crippen LogP contribution in [-0.4, -0.2) is 24.2 Å². The van der Waals surface area contributed by atoms with Crippen LogP contribution in [0.2, 0.25) is 5.02 Å². The molecule has 0 unspecified atom stereocenters. The average Bonchev–Trinajstić information content (AvgIpc) is 2.41. The highest BCUT2D eigenvalue weighted by Crippen LogP contribution is 2.40. The van der Waals surface area contributed by atoms with E-state index in [-0.39, 0.29) is 0 Å². The van der Waals surface area contributed by atoms with Crippen molar-refractivity contribution < 1.29 is 9.47 Å². The number of methoxy groups -OCH3 is 2. The maximum Gasteiger partial charge on any atom is 0.180 e. The van der Waals surface area contributed by atoms with E-state index in [0.29, 0.717) is 33.7 Å². The minimum Gasteiger partial charge on any atom is -0.493 e. The molecule has 0 spiro atoms. The highest BCUT2D eigenvalue weighted by molar-refractivity contribution is 14.1. The molecule has 0 amide bonds. The summed E-state index contributed by atoms with van der Waals surface area (Å²) in [5.74, 6) is 1.86. The molecule has 7 heteroatoms. The van der Waals surface area contributed by atoms with Gasteiger partial charge in [0.25, 0.3) is 0 Å². The molecular weight excluding hydrogens is 381 g/mol. The SMILES string of the molecule is COc1ccc(-c2ncc(I)c(N)n2)c(Cl)c1OC. The van der Waals surface area contributed by atoms with Crippen molar-refractivity contribution in [2.24, 2.45) is 0 Å². The van der Waals surface area contributed by atoms with Gasteiger partial charge in [-0.05, 0) is 34.7 Å². The van der Waals surface area contributed by atoms with E-state index in [1.165, 1.54) is 7.11 Å². The van der Waals surface area contributed by atoms with E-state index in [4.69, 9.17) is 26.8 Å². The van der Waals surface area contributed by atoms with Crippen LogP contribution < -0.4 is 15.2 Å². The first-order valence-electron chi connectivity index (χ1n) is 5.27. The van der Waals surface area contributed by atoms with E-state index in [0.717, 1.165) is 3.57 Å². The van der Waals surface area contributed by atoms with Crippen molar-refractivity contribution in [3.8, 4) is 22.9 Å². The number of hydrogen-bond donors (Lipinski definition) is 1. The number of rotatable bonds is 3. The highest BCUT2D eigenvalue weighted by atomic mass is 127. The number of hydrogen-bond acceptors (Lipinski definition) is 5. The third-order valence-corrected chi connectivity index (χ3v) is 3.70. The lowest BCUT2D eigenvalue weighted by Gasteiger charge is -2.12. The summed E-state index contributed by atoms with van der Waals surface area (Å²) >= 11 is 8.36. The normalized spacial score (nSPS) is 10.3. The van der Waals surface area contributed by atoms with Gasteiger partial charge in [-0.15, -0.1) is 0 Å². The zero-order valence-corrected chi connectivity index (χ0v) is 13.2. The van der Waals surface area contributed by atoms with Crippen molar-refractivity contribution in [3.63, 3.8) is 0 Å². The molecule has 2 aromatic rings. The Labute approximate surface area is 129 Å². The molecule has 0 bridgehead atoms. The summed E-state index contributed by atoms with van der Waals surface area (Å²) in [7, 11) is 3.07. The predicted molar refractivity (Wildman–Crippen MR) is 82.7 cm³/mol. The number of nitrogen functional groups attached to an aromatic ring is 1. The fourth-order valence-corrected chi connectivity index (χ4v) is 2.15. The van der Waals surface area contributed by atoms with Gasteiger partial charge in [0.2, 0.25) is 0 Å². The Hall–Kier alpha value is -1.28. The summed E-state index contributed by atoms with van der Waals surface area (Å²) in [4.78, 5) is 8.43. The smallest absolute Gasteiger partial charge is 0.180 e. The van der Waals surface area contributed by atoms with Gasteiger partial charge in [0.15, 0.2) is 17.3 Å². The van der Waals surface area contributed by atoms with Gasteiger partial charge < -0.3 is 15.2 Å². The summed E-state index contributed by atoms with van der Waals surface area (Å²) in [5, 5.41) is 0.391. The van der Waals surface area contributed by atoms with Gasteiger partial charge in [-0.3, -0.25) is 0 Å². The topological polar surface area (TPSA) is 70.3 Å². The van der Waals surface area contributed by atoms with E-state index in [1.807, 2.05) is 0 Å². The Morgan fingerprint density at radius 1 is 1.26 bits per heavy atom. The van der Waals surface area contributed by atoms with Crippen LogP contribution in [0.5, 0.6) is 11.5 Å². The first-order chi connectivity index (χ1) is 9.08. The summed E-state index contributed by atoms with van der Waals surface area (Å²) in [6, 6.07) is 3.52. The zero-order chi connectivity index (χ0) is 14.0. The molecule has 0 atom stereocenters. The van der Waals surface area contributed by atoms with Crippen molar-refractivity contribution >= 4 is 40.0 Å². The number of anilines is 1. The average molecular weight is 392 g/mol. The fourth-order valence-electron chi connectivity index (χ4n) is 1.57. The number of halogens is 2. The van der Waals surface area contributed by atoms with Gasteiger partial charge in [0, 0.05) is 11.8 Å². The lowest BCUT2D eigenvalue weighted by molar-refractivity contribution is 0.355. The number of benzene rings is 1. The van der Waals surface area contributed by atoms with Crippen molar-refractivity contribution in [1.29, 1.82) is 0 Å². The molecule has 5 nitrogen and oxygen atoms in total. The number of nitrogens with two attached hydrogens (primary N) is 1. The highest BCUT2D eigenvalue weighted by Gasteiger charge is 2.16. The van der Waals surface area contributed by atoms with Gasteiger partial charge in [0.05, 0.1) is 22.8 Å². The van der Waals surface area contributed by atoms with Crippen LogP contribution in [0, 0.1) is 3.57 Å². The summed E-state index contributed by atoms with van der Waals surface area (Å²) < 4.78 is 11.2. The first-order valence-corrected chi connectivity index (χ1v) is 6.73. The third kappa shape index (κ3) is 2.69. The summed E-state index contributed by atoms with van der Waals surface area (Å²) in [6.45, 7) is 0. The van der Waals surface area contributed by atoms with Crippen LogP contribution in [0.25, 0.3) is 11.4 Å². The second-order valence-corrected chi connectivity index (χ2v) is 5.13. The molecule has 0 aliphatic carbocycles. The first kappa shape index (κ1) is 14.1. The van der Waals surface area contributed by atoms with Gasteiger partial charge in [-0.2, -0.15) is 0 Å². The molecular formula is C12H11ClIN3O2. The molecule has 1 aromatic carbocycles. The van der Waals surface area contributed by atoms with Crippen LogP contribution in [-0.2, 0) is 0 Å². The fraction of sp³-hybridized carbons (Fsp3) is 0.167. The Bertz CT molecular complexity index is 622. The molecule has 0 aliphatic heterocycles. The molecule has 19 heavy (non-hydrogen) atoms. The molecule has 100 valence electrons. The van der Waals surface area contributed by atoms with Crippen molar-refractivity contribution in [3.05, 3.63) is 26.9 Å². The predicted octanol–water partition coefficient (Wildman–Crippen LogP) is 3.00. The number of nitrogens with zero attached hydrogens (tertiary/aromatic N) is 2. The summed E-state index contributed by atoms with van der Waals surface area (Å²) in [5.41, 5.74) is 6.42. The lowest BCUT2D eigenvalue weighted by atomic mass is 10.2. The monoisotopic (exact) mass is 391 g/mol. The Morgan fingerprint density at radius 3 is 2.58 bits per heavy atom. The second-order valence-electron chi connectivity index (χ2n) is 3.59. The Morgan fingerprint density at radius 2 is 2.00 bits per heavy atom. The van der Waals surface area contributed by atoms with E-state index in [9.17, 15) is 0 Å². The number of aromatic nitrogens is 2. The molecule has 2 N–H and O–H groups in total. The van der Waals surface area contributed by atoms with Crippen LogP contribution in [0.3, 0.4) is 0 Å². The maximum atomic E-state index is 6.29. The molecule has 0 saturated carbocycles. The van der Waals surface area contributed by atoms with E-state index in [2.05, 4.69) is 32.6 Å². The van der Waals surface area contributed by atoms with E-state index in [1.54, 1.807) is 25.4 Å². The Kier molecular flexibility index (Phi) is 4.31. The molecule has 0 aliphatic rings. The van der Waals surface area contributed by atoms with E-state index < -0.39 is 0 Å². The second kappa shape index (κ2) is 5.79. The van der Waals surface area contributed by atoms with Gasteiger partial charge >= 0.3 is 0 Å². The van der Waals surface area contributed by atoms with Crippen LogP contribution >= 0.6 is 34.2 Å². The van der Waals surface area contributed by atoms with Crippen LogP contribution in [0.15, 0.2) is 18.3 Å². The molecule has 1 aromatic heterocycles. The third-order valence-electron chi connectivity index (χ3n) is 2.50. The van der Waals surface area contributed by atoms with Gasteiger partial charge in [-0.1, -0.05) is 11.6 Å². The molecule has 2 rings (SSSR count). The minimum atomic E-state index is 0.391. The standard InChI is InChI=1S/C12H11ClIN3O2/c1-18-8-4-3-6(9(13)10(8)19-2)12-16-5-7(14)11(15)17-12/h3-5H,1-2H3,(H2,15,16,17). The van der Waals surface area contributed by atoms with Gasteiger partial charge in [0.1, 0.15) is 5.82 Å². The van der Waals surface area contributed by atoms with Crippen molar-refractivity contribution in [2.75, 3.05) is 20.0 Å². The number of ether oxygens (including phenoxy) is 2. The lowest BCUT2D eigenvalue weighted by Crippen LogP contribution is -1.99. The molecule has 1 heterocycles. The van der Waals surface area contributed by atoms with Gasteiger partial charge in [-0.25, -0.2) is 9.97 Å². The van der Waals surface area contributed by atoms with Crippen molar-refractivity contribution in [2.45, 2.75) is 0 Å². The molecule has 0 radical (unpaired) electrons. The Balaban J connectivity index is 2.59. The largest absolute Gasteiger partial charge is 0.493 e. The summed E-state index contributed by atoms with van der Waals surface area (Å²) in [6.07, 6.45) is 1.64. The van der Waals surface area contributed by atoms with Crippen molar-refractivity contribution in [1.82, 2.24) is 9.97 Å².